The summed E-state index contributed by atoms with van der Waals surface area (Å²) >= 11 is 0. The van der Waals surface area contributed by atoms with Crippen LogP contribution in [0.1, 0.15) is 23.6 Å². The predicted octanol–water partition coefficient (Wildman–Crippen LogP) is 1.94. The van der Waals surface area contributed by atoms with Crippen LogP contribution >= 0.6 is 0 Å². The molecule has 1 atom stereocenters. The van der Waals surface area contributed by atoms with Gasteiger partial charge in [-0.25, -0.2) is 0 Å². The Labute approximate surface area is 115 Å². The molecule has 1 aliphatic carbocycles. The summed E-state index contributed by atoms with van der Waals surface area (Å²) in [7, 11) is 3.40. The Kier molecular flexibility index (Phi) is 5.63. The Morgan fingerprint density at radius 3 is 2.89 bits per heavy atom. The van der Waals surface area contributed by atoms with E-state index in [0.29, 0.717) is 19.3 Å². The molecule has 0 spiro atoms. The molecule has 1 aliphatic rings. The fourth-order valence-corrected chi connectivity index (χ4v) is 2.47. The fourth-order valence-electron chi connectivity index (χ4n) is 2.47. The number of nitrogens with one attached hydrogen (secondary N) is 1. The third-order valence-corrected chi connectivity index (χ3v) is 3.50. The lowest BCUT2D eigenvalue weighted by Gasteiger charge is -2.15. The van der Waals surface area contributed by atoms with Crippen molar-refractivity contribution in [3.63, 3.8) is 0 Å². The van der Waals surface area contributed by atoms with Crippen LogP contribution in [0.5, 0.6) is 5.75 Å². The molecule has 0 radical (unpaired) electrons. The number of fused-ring (bicyclic) bond motifs is 1. The van der Waals surface area contributed by atoms with Gasteiger partial charge < -0.3 is 19.5 Å². The summed E-state index contributed by atoms with van der Waals surface area (Å²) in [5, 5.41) is 3.54. The summed E-state index contributed by atoms with van der Waals surface area (Å²) in [4.78, 5) is 0. The van der Waals surface area contributed by atoms with Gasteiger partial charge in [-0.1, -0.05) is 6.07 Å². The molecule has 0 saturated carbocycles. The normalized spacial score (nSPS) is 17.5. The molecular weight excluding hydrogens is 242 g/mol. The van der Waals surface area contributed by atoms with Crippen LogP contribution in [-0.2, 0) is 15.9 Å². The van der Waals surface area contributed by atoms with Crippen LogP contribution in [0.4, 0.5) is 0 Å². The van der Waals surface area contributed by atoms with Gasteiger partial charge in [0, 0.05) is 19.7 Å². The minimum atomic E-state index is 0.427. The highest BCUT2D eigenvalue weighted by Gasteiger charge is 2.22. The molecule has 0 bridgehead atoms. The van der Waals surface area contributed by atoms with Gasteiger partial charge in [0.1, 0.15) is 5.75 Å². The van der Waals surface area contributed by atoms with Gasteiger partial charge in [0.25, 0.3) is 0 Å². The highest BCUT2D eigenvalue weighted by Crippen LogP contribution is 2.33. The topological polar surface area (TPSA) is 39.7 Å². The third-order valence-electron chi connectivity index (χ3n) is 3.50. The van der Waals surface area contributed by atoms with Crippen molar-refractivity contribution in [3.8, 4) is 5.75 Å². The van der Waals surface area contributed by atoms with Crippen molar-refractivity contribution in [2.24, 2.45) is 0 Å². The van der Waals surface area contributed by atoms with Gasteiger partial charge in [0.2, 0.25) is 0 Å². The van der Waals surface area contributed by atoms with Gasteiger partial charge in [0.15, 0.2) is 0 Å². The smallest absolute Gasteiger partial charge is 0.119 e. The first-order chi connectivity index (χ1) is 9.35. The van der Waals surface area contributed by atoms with E-state index in [9.17, 15) is 0 Å². The molecule has 1 unspecified atom stereocenters. The standard InChI is InChI=1S/C15H23NO3/c1-17-9-10-19-8-7-16-15-6-4-12-3-5-13(18-2)11-14(12)15/h3,5,11,15-16H,4,6-10H2,1-2H3. The maximum atomic E-state index is 5.45. The van der Waals surface area contributed by atoms with Crippen LogP contribution in [0.2, 0.25) is 0 Å². The van der Waals surface area contributed by atoms with E-state index in [4.69, 9.17) is 14.2 Å². The van der Waals surface area contributed by atoms with Crippen molar-refractivity contribution in [1.82, 2.24) is 5.32 Å². The van der Waals surface area contributed by atoms with Crippen molar-refractivity contribution in [2.75, 3.05) is 40.6 Å². The molecular formula is C15H23NO3. The Bertz CT molecular complexity index is 395. The lowest BCUT2D eigenvalue weighted by molar-refractivity contribution is 0.0710. The summed E-state index contributed by atoms with van der Waals surface area (Å²) in [5.41, 5.74) is 2.80. The molecule has 1 aromatic rings. The second-order valence-corrected chi connectivity index (χ2v) is 4.72. The van der Waals surface area contributed by atoms with Crippen LogP contribution < -0.4 is 10.1 Å². The zero-order chi connectivity index (χ0) is 13.5. The third kappa shape index (κ3) is 3.93. The van der Waals surface area contributed by atoms with E-state index >= 15 is 0 Å². The minimum absolute atomic E-state index is 0.427. The van der Waals surface area contributed by atoms with E-state index in [0.717, 1.165) is 31.7 Å². The van der Waals surface area contributed by atoms with Crippen LogP contribution in [0, 0.1) is 0 Å². The summed E-state index contributed by atoms with van der Waals surface area (Å²) in [6, 6.07) is 6.78. The van der Waals surface area contributed by atoms with Crippen molar-refractivity contribution in [2.45, 2.75) is 18.9 Å². The molecule has 1 aromatic carbocycles. The molecule has 0 saturated heterocycles. The van der Waals surface area contributed by atoms with Gasteiger partial charge in [0.05, 0.1) is 26.9 Å². The quantitative estimate of drug-likeness (QED) is 0.729. The summed E-state index contributed by atoms with van der Waals surface area (Å²) in [6.45, 7) is 2.90. The highest BCUT2D eigenvalue weighted by atomic mass is 16.5. The fraction of sp³-hybridized carbons (Fsp3) is 0.600. The van der Waals surface area contributed by atoms with E-state index < -0.39 is 0 Å². The summed E-state index contributed by atoms with van der Waals surface area (Å²) in [5.74, 6) is 0.934. The SMILES string of the molecule is COCCOCCNC1CCc2ccc(OC)cc21. The Hall–Kier alpha value is -1.10. The molecule has 1 N–H and O–H groups in total. The van der Waals surface area contributed by atoms with E-state index in [1.54, 1.807) is 14.2 Å². The Morgan fingerprint density at radius 1 is 1.21 bits per heavy atom. The maximum absolute atomic E-state index is 5.45. The lowest BCUT2D eigenvalue weighted by atomic mass is 10.1. The molecule has 0 fully saturated rings. The Morgan fingerprint density at radius 2 is 2.11 bits per heavy atom. The number of benzene rings is 1. The number of hydrogen-bond acceptors (Lipinski definition) is 4. The Balaban J connectivity index is 1.78. The molecule has 0 heterocycles. The van der Waals surface area contributed by atoms with Gasteiger partial charge in [-0.15, -0.1) is 0 Å². The molecule has 106 valence electrons. The van der Waals surface area contributed by atoms with Crippen LogP contribution in [0.15, 0.2) is 18.2 Å². The van der Waals surface area contributed by atoms with E-state index in [1.165, 1.54) is 11.1 Å². The number of rotatable bonds is 8. The van der Waals surface area contributed by atoms with Crippen LogP contribution in [-0.4, -0.2) is 40.6 Å². The van der Waals surface area contributed by atoms with Crippen molar-refractivity contribution >= 4 is 0 Å². The van der Waals surface area contributed by atoms with Crippen LogP contribution in [0.25, 0.3) is 0 Å². The zero-order valence-corrected chi connectivity index (χ0v) is 11.8. The van der Waals surface area contributed by atoms with Crippen molar-refractivity contribution in [1.29, 1.82) is 0 Å². The van der Waals surface area contributed by atoms with E-state index in [-0.39, 0.29) is 0 Å². The summed E-state index contributed by atoms with van der Waals surface area (Å²) in [6.07, 6.45) is 2.29. The number of methoxy groups -OCH3 is 2. The number of ether oxygens (including phenoxy) is 3. The average molecular weight is 265 g/mol. The van der Waals surface area contributed by atoms with E-state index in [1.807, 2.05) is 6.07 Å². The second-order valence-electron chi connectivity index (χ2n) is 4.72. The predicted molar refractivity (Wildman–Crippen MR) is 74.8 cm³/mol. The van der Waals surface area contributed by atoms with Gasteiger partial charge in [-0.3, -0.25) is 0 Å². The molecule has 0 aliphatic heterocycles. The first-order valence-electron chi connectivity index (χ1n) is 6.82. The number of aryl methyl sites for hydroxylation is 1. The second kappa shape index (κ2) is 7.48. The molecule has 0 amide bonds. The average Bonchev–Trinajstić information content (AvgIpc) is 2.85. The first kappa shape index (κ1) is 14.3. The maximum Gasteiger partial charge on any atom is 0.119 e. The van der Waals surface area contributed by atoms with Gasteiger partial charge >= 0.3 is 0 Å². The number of hydrogen-bond donors (Lipinski definition) is 1. The largest absolute Gasteiger partial charge is 0.497 e. The molecule has 2 rings (SSSR count). The van der Waals surface area contributed by atoms with Crippen molar-refractivity contribution < 1.29 is 14.2 Å². The highest BCUT2D eigenvalue weighted by molar-refractivity contribution is 5.40. The van der Waals surface area contributed by atoms with Crippen molar-refractivity contribution in [3.05, 3.63) is 29.3 Å². The van der Waals surface area contributed by atoms with Gasteiger partial charge in [-0.2, -0.15) is 0 Å². The molecule has 4 heteroatoms. The summed E-state index contributed by atoms with van der Waals surface area (Å²) < 4.78 is 15.7. The van der Waals surface area contributed by atoms with Crippen LogP contribution in [0.3, 0.4) is 0 Å². The minimum Gasteiger partial charge on any atom is -0.497 e. The zero-order valence-electron chi connectivity index (χ0n) is 11.8. The monoisotopic (exact) mass is 265 g/mol. The van der Waals surface area contributed by atoms with E-state index in [2.05, 4.69) is 17.4 Å². The first-order valence-corrected chi connectivity index (χ1v) is 6.82. The molecule has 0 aromatic heterocycles. The molecule has 4 nitrogen and oxygen atoms in total. The van der Waals surface area contributed by atoms with Gasteiger partial charge in [-0.05, 0) is 36.1 Å². The lowest BCUT2D eigenvalue weighted by Crippen LogP contribution is -2.24. The molecule has 19 heavy (non-hydrogen) atoms.